The molecule has 5 nitrogen and oxygen atoms in total. The molecule has 0 aromatic heterocycles. The van der Waals surface area contributed by atoms with Crippen molar-refractivity contribution in [3.63, 3.8) is 0 Å². The Morgan fingerprint density at radius 1 is 1.38 bits per heavy atom. The third kappa shape index (κ3) is 3.21. The lowest BCUT2D eigenvalue weighted by atomic mass is 10.3. The van der Waals surface area contributed by atoms with Crippen molar-refractivity contribution in [1.29, 1.82) is 0 Å². The van der Waals surface area contributed by atoms with E-state index >= 15 is 0 Å². The first-order valence-electron chi connectivity index (χ1n) is 3.24. The quantitative estimate of drug-likeness (QED) is 0.685. The summed E-state index contributed by atoms with van der Waals surface area (Å²) in [6, 6.07) is 4.64. The molecule has 72 valence electrons. The van der Waals surface area contributed by atoms with Crippen molar-refractivity contribution < 1.29 is 8.42 Å². The second kappa shape index (κ2) is 3.52. The molecule has 0 heterocycles. The van der Waals surface area contributed by atoms with Crippen LogP contribution in [0.25, 0.3) is 0 Å². The minimum Gasteiger partial charge on any atom is -0.398 e. The summed E-state index contributed by atoms with van der Waals surface area (Å²) in [4.78, 5) is 0. The van der Waals surface area contributed by atoms with Crippen molar-refractivity contribution >= 4 is 37.5 Å². The summed E-state index contributed by atoms with van der Waals surface area (Å²) in [5.41, 5.74) is 6.29. The topological polar surface area (TPSA) is 98.2 Å². The Balaban J connectivity index is 2.99. The van der Waals surface area contributed by atoms with Gasteiger partial charge in [0.1, 0.15) is 0 Å². The molecule has 0 spiro atoms. The molecule has 0 aliphatic heterocycles. The van der Waals surface area contributed by atoms with Gasteiger partial charge >= 0.3 is 0 Å². The zero-order chi connectivity index (χ0) is 10.1. The van der Waals surface area contributed by atoms with E-state index in [-0.39, 0.29) is 0 Å². The molecule has 0 unspecified atom stereocenters. The average molecular weight is 266 g/mol. The Kier molecular flexibility index (Phi) is 2.79. The highest BCUT2D eigenvalue weighted by Gasteiger charge is 2.03. The van der Waals surface area contributed by atoms with E-state index in [1.165, 1.54) is 6.07 Å². The fraction of sp³-hybridized carbons (Fsp3) is 0. The van der Waals surface area contributed by atoms with E-state index < -0.39 is 10.2 Å². The monoisotopic (exact) mass is 265 g/mol. The number of benzene rings is 1. The number of anilines is 2. The van der Waals surface area contributed by atoms with E-state index in [2.05, 4.69) is 20.7 Å². The first-order chi connectivity index (χ1) is 5.88. The van der Waals surface area contributed by atoms with E-state index in [4.69, 9.17) is 10.9 Å². The number of rotatable bonds is 2. The van der Waals surface area contributed by atoms with Gasteiger partial charge < -0.3 is 5.73 Å². The Labute approximate surface area is 84.4 Å². The third-order valence-electron chi connectivity index (χ3n) is 1.26. The highest BCUT2D eigenvalue weighted by Crippen LogP contribution is 2.22. The summed E-state index contributed by atoms with van der Waals surface area (Å²) >= 11 is 3.18. The Hall–Kier alpha value is -0.790. The molecule has 0 saturated heterocycles. The van der Waals surface area contributed by atoms with Gasteiger partial charge in [-0.05, 0) is 34.1 Å². The van der Waals surface area contributed by atoms with Crippen molar-refractivity contribution in [1.82, 2.24) is 0 Å². The lowest BCUT2D eigenvalue weighted by molar-refractivity contribution is 0.603. The van der Waals surface area contributed by atoms with Crippen molar-refractivity contribution in [2.45, 2.75) is 0 Å². The molecular weight excluding hydrogens is 258 g/mol. The van der Waals surface area contributed by atoms with Gasteiger partial charge in [0.15, 0.2) is 0 Å². The molecule has 0 atom stereocenters. The zero-order valence-electron chi connectivity index (χ0n) is 6.49. The predicted octanol–water partition coefficient (Wildman–Crippen LogP) is 0.647. The molecule has 13 heavy (non-hydrogen) atoms. The minimum atomic E-state index is -3.73. The maximum atomic E-state index is 10.6. The molecule has 0 radical (unpaired) electrons. The van der Waals surface area contributed by atoms with Crippen LogP contribution in [-0.4, -0.2) is 8.42 Å². The van der Waals surface area contributed by atoms with Crippen LogP contribution in [0.4, 0.5) is 11.4 Å². The average Bonchev–Trinajstić information content (AvgIpc) is 1.94. The second-order valence-electron chi connectivity index (χ2n) is 2.38. The number of hydrogen-bond donors (Lipinski definition) is 3. The van der Waals surface area contributed by atoms with Crippen LogP contribution < -0.4 is 15.6 Å². The maximum absolute atomic E-state index is 10.6. The number of hydrogen-bond acceptors (Lipinski definition) is 3. The van der Waals surface area contributed by atoms with Crippen LogP contribution in [0.2, 0.25) is 0 Å². The van der Waals surface area contributed by atoms with Crippen LogP contribution in [0.15, 0.2) is 22.7 Å². The Morgan fingerprint density at radius 2 is 2.00 bits per heavy atom. The molecule has 7 heteroatoms. The highest BCUT2D eigenvalue weighted by atomic mass is 79.9. The number of halogens is 1. The first-order valence-corrected chi connectivity index (χ1v) is 5.58. The number of nitrogens with two attached hydrogens (primary N) is 2. The summed E-state index contributed by atoms with van der Waals surface area (Å²) < 4.78 is 24.0. The fourth-order valence-corrected chi connectivity index (χ4v) is 1.47. The van der Waals surface area contributed by atoms with Crippen LogP contribution in [0.3, 0.4) is 0 Å². The van der Waals surface area contributed by atoms with Gasteiger partial charge in [0.2, 0.25) is 0 Å². The maximum Gasteiger partial charge on any atom is 0.296 e. The van der Waals surface area contributed by atoms with Gasteiger partial charge in [-0.2, -0.15) is 8.42 Å². The molecule has 1 aromatic rings. The zero-order valence-corrected chi connectivity index (χ0v) is 8.89. The number of nitrogen functional groups attached to an aromatic ring is 1. The van der Waals surface area contributed by atoms with Crippen LogP contribution >= 0.6 is 15.9 Å². The van der Waals surface area contributed by atoms with Gasteiger partial charge in [0.05, 0.1) is 5.69 Å². The van der Waals surface area contributed by atoms with E-state index in [1.54, 1.807) is 12.1 Å². The Bertz CT molecular complexity index is 418. The first kappa shape index (κ1) is 10.3. The van der Waals surface area contributed by atoms with Gasteiger partial charge in [-0.3, -0.25) is 4.72 Å². The molecule has 0 saturated carbocycles. The van der Waals surface area contributed by atoms with Crippen LogP contribution in [0.5, 0.6) is 0 Å². The SMILES string of the molecule is Nc1cc(NS(N)(=O)=O)ccc1Br. The van der Waals surface area contributed by atoms with Gasteiger partial charge in [0, 0.05) is 10.2 Å². The van der Waals surface area contributed by atoms with E-state index in [9.17, 15) is 8.42 Å². The molecule has 1 aromatic carbocycles. The summed E-state index contributed by atoms with van der Waals surface area (Å²) in [6.45, 7) is 0. The van der Waals surface area contributed by atoms with Crippen molar-refractivity contribution in [3.8, 4) is 0 Å². The summed E-state index contributed by atoms with van der Waals surface area (Å²) in [5, 5.41) is 4.76. The van der Waals surface area contributed by atoms with Crippen molar-refractivity contribution in [2.75, 3.05) is 10.5 Å². The summed E-state index contributed by atoms with van der Waals surface area (Å²) in [6.07, 6.45) is 0. The van der Waals surface area contributed by atoms with E-state index in [0.29, 0.717) is 15.8 Å². The largest absolute Gasteiger partial charge is 0.398 e. The van der Waals surface area contributed by atoms with Gasteiger partial charge in [-0.1, -0.05) is 0 Å². The van der Waals surface area contributed by atoms with E-state index in [0.717, 1.165) is 0 Å². The number of nitrogens with one attached hydrogen (secondary N) is 1. The molecule has 5 N–H and O–H groups in total. The van der Waals surface area contributed by atoms with Crippen molar-refractivity contribution in [2.24, 2.45) is 5.14 Å². The van der Waals surface area contributed by atoms with Crippen molar-refractivity contribution in [3.05, 3.63) is 22.7 Å². The lowest BCUT2D eigenvalue weighted by Gasteiger charge is -2.04. The second-order valence-corrected chi connectivity index (χ2v) is 4.53. The molecule has 0 bridgehead atoms. The lowest BCUT2D eigenvalue weighted by Crippen LogP contribution is -2.21. The fourth-order valence-electron chi connectivity index (χ4n) is 0.772. The highest BCUT2D eigenvalue weighted by molar-refractivity contribution is 9.10. The van der Waals surface area contributed by atoms with Crippen LogP contribution in [0.1, 0.15) is 0 Å². The molecule has 0 aliphatic carbocycles. The standard InChI is InChI=1S/C6H8BrN3O2S/c7-5-2-1-4(3-6(5)8)10-13(9,11)12/h1-3,10H,8H2,(H2,9,11,12). The minimum absolute atomic E-state index is 0.336. The van der Waals surface area contributed by atoms with Crippen LogP contribution in [-0.2, 0) is 10.2 Å². The normalized spacial score (nSPS) is 11.2. The van der Waals surface area contributed by atoms with Gasteiger partial charge in [-0.15, -0.1) is 0 Å². The third-order valence-corrected chi connectivity index (χ3v) is 2.50. The molecular formula is C6H8BrN3O2S. The summed E-state index contributed by atoms with van der Waals surface area (Å²) in [7, 11) is -3.73. The molecule has 0 aliphatic rings. The van der Waals surface area contributed by atoms with Crippen LogP contribution in [0, 0.1) is 0 Å². The molecule has 0 amide bonds. The van der Waals surface area contributed by atoms with Gasteiger partial charge in [-0.25, -0.2) is 5.14 Å². The smallest absolute Gasteiger partial charge is 0.296 e. The van der Waals surface area contributed by atoms with Gasteiger partial charge in [0.25, 0.3) is 10.2 Å². The predicted molar refractivity (Wildman–Crippen MR) is 55.3 cm³/mol. The van der Waals surface area contributed by atoms with E-state index in [1.807, 2.05) is 0 Å². The molecule has 0 fully saturated rings. The molecule has 1 rings (SSSR count). The summed E-state index contributed by atoms with van der Waals surface area (Å²) in [5.74, 6) is 0. The Morgan fingerprint density at radius 3 is 2.46 bits per heavy atom.